The van der Waals surface area contributed by atoms with E-state index in [2.05, 4.69) is 9.97 Å². The Morgan fingerprint density at radius 3 is 3.00 bits per heavy atom. The zero-order valence-corrected chi connectivity index (χ0v) is 15.9. The van der Waals surface area contributed by atoms with E-state index in [4.69, 9.17) is 4.74 Å². The predicted octanol–water partition coefficient (Wildman–Crippen LogP) is 1.52. The van der Waals surface area contributed by atoms with Crippen LogP contribution in [0.4, 0.5) is 4.39 Å². The second-order valence-electron chi connectivity index (χ2n) is 7.53. The maximum absolute atomic E-state index is 13.2. The van der Waals surface area contributed by atoms with Crippen LogP contribution in [0.5, 0.6) is 0 Å². The van der Waals surface area contributed by atoms with Gasteiger partial charge in [-0.3, -0.25) is 4.79 Å². The summed E-state index contributed by atoms with van der Waals surface area (Å²) >= 11 is 0. The van der Waals surface area contributed by atoms with Gasteiger partial charge in [-0.05, 0) is 51.6 Å². The molecule has 1 atom stereocenters. The molecule has 1 unspecified atom stereocenters. The molecule has 8 heteroatoms. The van der Waals surface area contributed by atoms with Gasteiger partial charge in [-0.2, -0.15) is 0 Å². The molecule has 1 aliphatic heterocycles. The van der Waals surface area contributed by atoms with Crippen LogP contribution in [0.15, 0.2) is 18.2 Å². The lowest BCUT2D eigenvalue weighted by atomic mass is 9.94. The van der Waals surface area contributed by atoms with E-state index in [-0.39, 0.29) is 24.9 Å². The van der Waals surface area contributed by atoms with Gasteiger partial charge in [0.05, 0.1) is 16.6 Å². The number of amides is 1. The second kappa shape index (κ2) is 8.33. The normalized spacial score (nSPS) is 21.0. The highest BCUT2D eigenvalue weighted by molar-refractivity contribution is 5.77. The van der Waals surface area contributed by atoms with Gasteiger partial charge < -0.3 is 24.6 Å². The van der Waals surface area contributed by atoms with Crippen LogP contribution in [-0.4, -0.2) is 76.7 Å². The van der Waals surface area contributed by atoms with Gasteiger partial charge in [0.25, 0.3) is 0 Å². The highest BCUT2D eigenvalue weighted by Crippen LogP contribution is 2.23. The number of H-pyrrole nitrogens is 1. The van der Waals surface area contributed by atoms with Crippen LogP contribution in [0.25, 0.3) is 11.0 Å². The molecule has 0 aliphatic carbocycles. The minimum Gasteiger partial charge on any atom is -0.388 e. The van der Waals surface area contributed by atoms with E-state index in [0.29, 0.717) is 49.3 Å². The summed E-state index contributed by atoms with van der Waals surface area (Å²) in [5.41, 5.74) is 0.518. The maximum Gasteiger partial charge on any atom is 0.248 e. The molecule has 1 aliphatic rings. The molecule has 1 aromatic heterocycles. The summed E-state index contributed by atoms with van der Waals surface area (Å²) in [7, 11) is 3.87. The van der Waals surface area contributed by atoms with Gasteiger partial charge in [0.15, 0.2) is 0 Å². The number of hydrogen-bond acceptors (Lipinski definition) is 5. The number of fused-ring (bicyclic) bond motifs is 1. The van der Waals surface area contributed by atoms with E-state index >= 15 is 0 Å². The zero-order chi connectivity index (χ0) is 19.4. The van der Waals surface area contributed by atoms with Crippen molar-refractivity contribution in [2.45, 2.75) is 31.5 Å². The number of likely N-dealkylation sites (tertiary alicyclic amines) is 1. The third-order valence-electron chi connectivity index (χ3n) is 4.84. The molecule has 0 spiro atoms. The summed E-state index contributed by atoms with van der Waals surface area (Å²) in [6.45, 7) is 1.86. The van der Waals surface area contributed by atoms with E-state index in [1.165, 1.54) is 12.1 Å². The lowest BCUT2D eigenvalue weighted by Gasteiger charge is -2.29. The van der Waals surface area contributed by atoms with Gasteiger partial charge in [-0.1, -0.05) is 0 Å². The number of aromatic nitrogens is 2. The molecule has 148 valence electrons. The Morgan fingerprint density at radius 2 is 2.22 bits per heavy atom. The van der Waals surface area contributed by atoms with Crippen molar-refractivity contribution in [3.05, 3.63) is 29.8 Å². The average molecular weight is 378 g/mol. The van der Waals surface area contributed by atoms with Crippen LogP contribution in [0, 0.1) is 5.82 Å². The Balaban J connectivity index is 1.48. The van der Waals surface area contributed by atoms with Crippen molar-refractivity contribution in [2.75, 3.05) is 40.3 Å². The molecule has 3 rings (SSSR count). The maximum atomic E-state index is 13.2. The van der Waals surface area contributed by atoms with Crippen LogP contribution in [0.3, 0.4) is 0 Å². The van der Waals surface area contributed by atoms with Crippen LogP contribution in [0.1, 0.15) is 25.1 Å². The number of imidazole rings is 1. The highest BCUT2D eigenvalue weighted by Gasteiger charge is 2.31. The number of aliphatic hydroxyl groups is 1. The molecule has 27 heavy (non-hydrogen) atoms. The highest BCUT2D eigenvalue weighted by atomic mass is 19.1. The number of hydrogen-bond donors (Lipinski definition) is 2. The third kappa shape index (κ3) is 5.24. The number of halogens is 1. The quantitative estimate of drug-likeness (QED) is 0.797. The number of aromatic amines is 1. The van der Waals surface area contributed by atoms with Crippen LogP contribution in [-0.2, 0) is 16.1 Å². The lowest BCUT2D eigenvalue weighted by molar-refractivity contribution is -0.136. The Hall–Kier alpha value is -2.03. The third-order valence-corrected chi connectivity index (χ3v) is 4.84. The van der Waals surface area contributed by atoms with Crippen LogP contribution < -0.4 is 0 Å². The molecule has 1 fully saturated rings. The van der Waals surface area contributed by atoms with Crippen molar-refractivity contribution in [2.24, 2.45) is 0 Å². The molecule has 2 heterocycles. The van der Waals surface area contributed by atoms with Crippen molar-refractivity contribution in [3.8, 4) is 0 Å². The summed E-state index contributed by atoms with van der Waals surface area (Å²) < 4.78 is 18.7. The van der Waals surface area contributed by atoms with E-state index in [1.54, 1.807) is 11.0 Å². The summed E-state index contributed by atoms with van der Waals surface area (Å²) in [4.78, 5) is 23.4. The number of carbonyl (C=O) groups excluding carboxylic acids is 1. The fraction of sp³-hybridized carbons (Fsp3) is 0.579. The van der Waals surface area contributed by atoms with E-state index in [9.17, 15) is 14.3 Å². The van der Waals surface area contributed by atoms with Crippen molar-refractivity contribution in [3.63, 3.8) is 0 Å². The molecule has 2 N–H and O–H groups in total. The molecule has 0 saturated carbocycles. The van der Waals surface area contributed by atoms with Crippen molar-refractivity contribution < 1.29 is 19.0 Å². The van der Waals surface area contributed by atoms with Crippen molar-refractivity contribution >= 4 is 16.9 Å². The fourth-order valence-electron chi connectivity index (χ4n) is 3.60. The van der Waals surface area contributed by atoms with Gasteiger partial charge in [-0.15, -0.1) is 0 Å². The summed E-state index contributed by atoms with van der Waals surface area (Å²) in [5, 5.41) is 10.7. The monoisotopic (exact) mass is 378 g/mol. The first-order valence-electron chi connectivity index (χ1n) is 9.21. The van der Waals surface area contributed by atoms with Gasteiger partial charge in [0.2, 0.25) is 5.91 Å². The molecule has 1 amide bonds. The Labute approximate surface area is 158 Å². The SMILES string of the molecule is CN(C)CC1(O)CCCN(C(=O)COCc2nc3ccc(F)cc3[nH]2)CC1. The van der Waals surface area contributed by atoms with Gasteiger partial charge in [0.1, 0.15) is 24.9 Å². The number of nitrogens with zero attached hydrogens (tertiary/aromatic N) is 3. The van der Waals surface area contributed by atoms with Gasteiger partial charge in [0, 0.05) is 19.6 Å². The summed E-state index contributed by atoms with van der Waals surface area (Å²) in [6, 6.07) is 4.33. The smallest absolute Gasteiger partial charge is 0.248 e. The number of carbonyl (C=O) groups is 1. The van der Waals surface area contributed by atoms with Gasteiger partial charge in [-0.25, -0.2) is 9.37 Å². The molecule has 1 saturated heterocycles. The van der Waals surface area contributed by atoms with Crippen molar-refractivity contribution in [1.29, 1.82) is 0 Å². The first kappa shape index (κ1) is 19.7. The molecule has 0 bridgehead atoms. The largest absolute Gasteiger partial charge is 0.388 e. The molecule has 7 nitrogen and oxygen atoms in total. The predicted molar refractivity (Wildman–Crippen MR) is 99.6 cm³/mol. The Kier molecular flexibility index (Phi) is 6.08. The molecular weight excluding hydrogens is 351 g/mol. The lowest BCUT2D eigenvalue weighted by Crippen LogP contribution is -2.41. The van der Waals surface area contributed by atoms with Crippen LogP contribution in [0.2, 0.25) is 0 Å². The summed E-state index contributed by atoms with van der Waals surface area (Å²) in [5.74, 6) is 0.134. The van der Waals surface area contributed by atoms with E-state index in [0.717, 1.165) is 6.42 Å². The molecule has 2 aromatic rings. The Bertz CT molecular complexity index is 794. The fourth-order valence-corrected chi connectivity index (χ4v) is 3.60. The minimum absolute atomic E-state index is 0.0441. The standard InChI is InChI=1S/C19H27FN4O3/c1-23(2)13-19(26)6-3-8-24(9-7-19)18(25)12-27-11-17-21-15-5-4-14(20)10-16(15)22-17/h4-5,10,26H,3,6-9,11-13H2,1-2H3,(H,21,22). The molecular formula is C19H27FN4O3. The van der Waals surface area contributed by atoms with E-state index in [1.807, 2.05) is 19.0 Å². The number of nitrogens with one attached hydrogen (secondary N) is 1. The first-order chi connectivity index (χ1) is 12.8. The number of benzene rings is 1. The topological polar surface area (TPSA) is 81.7 Å². The number of ether oxygens (including phenoxy) is 1. The first-order valence-corrected chi connectivity index (χ1v) is 9.21. The van der Waals surface area contributed by atoms with Crippen LogP contribution >= 0.6 is 0 Å². The summed E-state index contributed by atoms with van der Waals surface area (Å²) in [6.07, 6.45) is 2.02. The molecule has 1 aromatic carbocycles. The minimum atomic E-state index is -0.747. The Morgan fingerprint density at radius 1 is 1.41 bits per heavy atom. The van der Waals surface area contributed by atoms with E-state index < -0.39 is 5.60 Å². The second-order valence-corrected chi connectivity index (χ2v) is 7.53. The van der Waals surface area contributed by atoms with Crippen molar-refractivity contribution in [1.82, 2.24) is 19.8 Å². The zero-order valence-electron chi connectivity index (χ0n) is 15.9. The number of likely N-dealkylation sites (N-methyl/N-ethyl adjacent to an activating group) is 1. The average Bonchev–Trinajstić information content (AvgIpc) is 2.88. The molecule has 0 radical (unpaired) electrons. The number of rotatable bonds is 6. The van der Waals surface area contributed by atoms with Gasteiger partial charge >= 0.3 is 0 Å².